The zero-order chi connectivity index (χ0) is 13.8. The Labute approximate surface area is 120 Å². The van der Waals surface area contributed by atoms with Gasteiger partial charge < -0.3 is 9.80 Å². The number of nitrogens with zero attached hydrogens (tertiary/aromatic N) is 2. The lowest BCUT2D eigenvalue weighted by Gasteiger charge is -2.37. The summed E-state index contributed by atoms with van der Waals surface area (Å²) < 4.78 is 0. The molecule has 1 amide bonds. The molecule has 1 saturated heterocycles. The fraction of sp³-hybridized carbons (Fsp3) is 0.533. The first kappa shape index (κ1) is 14.2. The molecule has 1 aromatic carbocycles. The van der Waals surface area contributed by atoms with Crippen LogP contribution in [-0.2, 0) is 4.79 Å². The van der Waals surface area contributed by atoms with Gasteiger partial charge in [0.25, 0.3) is 0 Å². The highest BCUT2D eigenvalue weighted by Gasteiger charge is 2.21. The number of piperazine rings is 1. The number of benzene rings is 1. The summed E-state index contributed by atoms with van der Waals surface area (Å²) in [6.45, 7) is 7.57. The maximum absolute atomic E-state index is 11.8. The van der Waals surface area contributed by atoms with Crippen molar-refractivity contribution in [2.75, 3.05) is 31.1 Å². The van der Waals surface area contributed by atoms with Crippen molar-refractivity contribution < 1.29 is 4.79 Å². The van der Waals surface area contributed by atoms with Crippen LogP contribution in [-0.4, -0.2) is 37.0 Å². The van der Waals surface area contributed by atoms with Gasteiger partial charge in [0.15, 0.2) is 0 Å². The molecule has 0 radical (unpaired) electrons. The van der Waals surface area contributed by atoms with E-state index < -0.39 is 0 Å². The van der Waals surface area contributed by atoms with Crippen molar-refractivity contribution in [1.82, 2.24) is 4.90 Å². The number of rotatable bonds is 3. The predicted molar refractivity (Wildman–Crippen MR) is 79.9 cm³/mol. The highest BCUT2D eigenvalue weighted by Crippen LogP contribution is 2.24. The molecule has 0 spiro atoms. The number of halogens is 1. The highest BCUT2D eigenvalue weighted by molar-refractivity contribution is 6.30. The molecule has 1 aliphatic rings. The van der Waals surface area contributed by atoms with Crippen LogP contribution in [0.3, 0.4) is 0 Å². The lowest BCUT2D eigenvalue weighted by molar-refractivity contribution is -0.131. The Morgan fingerprint density at radius 1 is 1.26 bits per heavy atom. The van der Waals surface area contributed by atoms with Gasteiger partial charge in [0.2, 0.25) is 5.91 Å². The van der Waals surface area contributed by atoms with E-state index in [0.717, 1.165) is 37.6 Å². The zero-order valence-corrected chi connectivity index (χ0v) is 12.4. The van der Waals surface area contributed by atoms with Crippen LogP contribution in [0, 0.1) is 6.92 Å². The monoisotopic (exact) mass is 280 g/mol. The fourth-order valence-electron chi connectivity index (χ4n) is 2.54. The summed E-state index contributed by atoms with van der Waals surface area (Å²) in [5, 5.41) is 0.776. The molecule has 3 nitrogen and oxygen atoms in total. The summed E-state index contributed by atoms with van der Waals surface area (Å²) >= 11 is 5.98. The van der Waals surface area contributed by atoms with Crippen LogP contribution >= 0.6 is 11.6 Å². The molecule has 1 fully saturated rings. The van der Waals surface area contributed by atoms with E-state index >= 15 is 0 Å². The van der Waals surface area contributed by atoms with E-state index in [1.807, 2.05) is 24.0 Å². The van der Waals surface area contributed by atoms with Crippen LogP contribution < -0.4 is 4.90 Å². The molecule has 2 rings (SSSR count). The molecular weight excluding hydrogens is 260 g/mol. The van der Waals surface area contributed by atoms with Crippen LogP contribution in [0.25, 0.3) is 0 Å². The van der Waals surface area contributed by atoms with Crippen molar-refractivity contribution in [2.45, 2.75) is 26.7 Å². The average molecular weight is 281 g/mol. The minimum absolute atomic E-state index is 0.287. The van der Waals surface area contributed by atoms with Crippen LogP contribution in [0.1, 0.15) is 25.3 Å². The van der Waals surface area contributed by atoms with Gasteiger partial charge in [0.1, 0.15) is 0 Å². The summed E-state index contributed by atoms with van der Waals surface area (Å²) in [5.41, 5.74) is 2.42. The maximum atomic E-state index is 11.8. The third-order valence-corrected chi connectivity index (χ3v) is 3.83. The van der Waals surface area contributed by atoms with Gasteiger partial charge >= 0.3 is 0 Å². The molecular formula is C15H21ClN2O. The van der Waals surface area contributed by atoms with Crippen molar-refractivity contribution in [3.63, 3.8) is 0 Å². The van der Waals surface area contributed by atoms with E-state index in [1.165, 1.54) is 11.3 Å². The van der Waals surface area contributed by atoms with E-state index in [1.54, 1.807) is 0 Å². The summed E-state index contributed by atoms with van der Waals surface area (Å²) in [6.07, 6.45) is 1.59. The fourth-order valence-corrected chi connectivity index (χ4v) is 2.77. The number of carbonyl (C=O) groups is 1. The standard InChI is InChI=1S/C15H21ClN2O/c1-3-4-15(19)18-9-7-17(8-10-18)14-6-5-13(16)11-12(14)2/h5-6,11H,3-4,7-10H2,1-2H3. The number of anilines is 1. The Hall–Kier alpha value is -1.22. The van der Waals surface area contributed by atoms with Gasteiger partial charge in [-0.05, 0) is 37.1 Å². The normalized spacial score (nSPS) is 15.7. The Balaban J connectivity index is 1.98. The molecule has 104 valence electrons. The number of aryl methyl sites for hydroxylation is 1. The quantitative estimate of drug-likeness (QED) is 0.849. The van der Waals surface area contributed by atoms with Gasteiger partial charge in [-0.1, -0.05) is 18.5 Å². The Morgan fingerprint density at radius 3 is 2.53 bits per heavy atom. The topological polar surface area (TPSA) is 23.6 Å². The van der Waals surface area contributed by atoms with E-state index in [2.05, 4.69) is 17.9 Å². The number of carbonyl (C=O) groups excluding carboxylic acids is 1. The molecule has 1 aliphatic heterocycles. The largest absolute Gasteiger partial charge is 0.368 e. The predicted octanol–water partition coefficient (Wildman–Crippen LogP) is 3.10. The molecule has 4 heteroatoms. The maximum Gasteiger partial charge on any atom is 0.222 e. The second-order valence-electron chi connectivity index (χ2n) is 5.05. The van der Waals surface area contributed by atoms with Crippen LogP contribution in [0.15, 0.2) is 18.2 Å². The third kappa shape index (κ3) is 3.41. The number of hydrogen-bond donors (Lipinski definition) is 0. The van der Waals surface area contributed by atoms with Crippen LogP contribution in [0.2, 0.25) is 5.02 Å². The lowest BCUT2D eigenvalue weighted by Crippen LogP contribution is -2.48. The third-order valence-electron chi connectivity index (χ3n) is 3.60. The first-order valence-corrected chi connectivity index (χ1v) is 7.28. The smallest absolute Gasteiger partial charge is 0.222 e. The van der Waals surface area contributed by atoms with Crippen LogP contribution in [0.5, 0.6) is 0 Å². The molecule has 1 aromatic rings. The van der Waals surface area contributed by atoms with Gasteiger partial charge in [0.05, 0.1) is 0 Å². The zero-order valence-electron chi connectivity index (χ0n) is 11.7. The molecule has 1 heterocycles. The summed E-state index contributed by atoms with van der Waals surface area (Å²) in [6, 6.07) is 5.99. The first-order valence-electron chi connectivity index (χ1n) is 6.90. The molecule has 0 atom stereocenters. The van der Waals surface area contributed by atoms with Crippen molar-refractivity contribution in [2.24, 2.45) is 0 Å². The molecule has 0 bridgehead atoms. The lowest BCUT2D eigenvalue weighted by atomic mass is 10.1. The van der Waals surface area contributed by atoms with Crippen molar-refractivity contribution in [3.05, 3.63) is 28.8 Å². The Morgan fingerprint density at radius 2 is 1.95 bits per heavy atom. The minimum Gasteiger partial charge on any atom is -0.368 e. The Kier molecular flexibility index (Phi) is 4.70. The highest BCUT2D eigenvalue weighted by atomic mass is 35.5. The molecule has 0 aromatic heterocycles. The van der Waals surface area contributed by atoms with E-state index in [0.29, 0.717) is 6.42 Å². The molecule has 0 saturated carbocycles. The van der Waals surface area contributed by atoms with Gasteiger partial charge in [-0.15, -0.1) is 0 Å². The summed E-state index contributed by atoms with van der Waals surface area (Å²) in [5.74, 6) is 0.287. The van der Waals surface area contributed by atoms with Gasteiger partial charge in [0, 0.05) is 43.3 Å². The average Bonchev–Trinajstić information content (AvgIpc) is 2.39. The number of hydrogen-bond acceptors (Lipinski definition) is 2. The SMILES string of the molecule is CCCC(=O)N1CCN(c2ccc(Cl)cc2C)CC1. The number of amides is 1. The van der Waals surface area contributed by atoms with Gasteiger partial charge in [-0.2, -0.15) is 0 Å². The first-order chi connectivity index (χ1) is 9.11. The second-order valence-corrected chi connectivity index (χ2v) is 5.49. The molecule has 19 heavy (non-hydrogen) atoms. The van der Waals surface area contributed by atoms with Crippen LogP contribution in [0.4, 0.5) is 5.69 Å². The van der Waals surface area contributed by atoms with E-state index in [-0.39, 0.29) is 5.91 Å². The molecule has 0 unspecified atom stereocenters. The second kappa shape index (κ2) is 6.29. The summed E-state index contributed by atoms with van der Waals surface area (Å²) in [4.78, 5) is 16.2. The van der Waals surface area contributed by atoms with Crippen molar-refractivity contribution in [3.8, 4) is 0 Å². The van der Waals surface area contributed by atoms with Gasteiger partial charge in [-0.25, -0.2) is 0 Å². The minimum atomic E-state index is 0.287. The summed E-state index contributed by atoms with van der Waals surface area (Å²) in [7, 11) is 0. The van der Waals surface area contributed by atoms with E-state index in [9.17, 15) is 4.79 Å². The van der Waals surface area contributed by atoms with Crippen molar-refractivity contribution in [1.29, 1.82) is 0 Å². The van der Waals surface area contributed by atoms with Crippen molar-refractivity contribution >= 4 is 23.2 Å². The van der Waals surface area contributed by atoms with Gasteiger partial charge in [-0.3, -0.25) is 4.79 Å². The Bertz CT molecular complexity index is 453. The molecule has 0 aliphatic carbocycles. The van der Waals surface area contributed by atoms with E-state index in [4.69, 9.17) is 11.6 Å². The molecule has 0 N–H and O–H groups in total.